The van der Waals surface area contributed by atoms with Crippen LogP contribution in [0.3, 0.4) is 0 Å². The van der Waals surface area contributed by atoms with Gasteiger partial charge in [-0.2, -0.15) is 5.10 Å². The molecule has 3 aromatic rings. The molecule has 0 bridgehead atoms. The van der Waals surface area contributed by atoms with Crippen LogP contribution in [0.1, 0.15) is 36.1 Å². The number of fused-ring (bicyclic) bond motifs is 3. The smallest absolute Gasteiger partial charge is 0.291 e. The van der Waals surface area contributed by atoms with Crippen molar-refractivity contribution in [2.24, 2.45) is 10.5 Å². The Morgan fingerprint density at radius 3 is 2.72 bits per heavy atom. The summed E-state index contributed by atoms with van der Waals surface area (Å²) in [6.07, 6.45) is 1.70. The third-order valence-electron chi connectivity index (χ3n) is 4.84. The molecule has 1 aliphatic heterocycles. The highest BCUT2D eigenvalue weighted by Gasteiger charge is 2.31. The van der Waals surface area contributed by atoms with Crippen LogP contribution in [0.5, 0.6) is 0 Å². The van der Waals surface area contributed by atoms with Crippen molar-refractivity contribution < 1.29 is 9.59 Å². The van der Waals surface area contributed by atoms with Crippen molar-refractivity contribution in [3.63, 3.8) is 0 Å². The van der Waals surface area contributed by atoms with Crippen LogP contribution in [0.25, 0.3) is 10.9 Å². The van der Waals surface area contributed by atoms with Gasteiger partial charge < -0.3 is 9.88 Å². The van der Waals surface area contributed by atoms with E-state index in [1.807, 2.05) is 41.8 Å². The van der Waals surface area contributed by atoms with Crippen LogP contribution in [0.4, 0.5) is 5.13 Å². The molecule has 7 nitrogen and oxygen atoms in total. The molecule has 0 fully saturated rings. The highest BCUT2D eigenvalue weighted by Crippen LogP contribution is 2.27. The van der Waals surface area contributed by atoms with E-state index in [4.69, 9.17) is 0 Å². The Balaban J connectivity index is 1.70. The number of benzene rings is 1. The van der Waals surface area contributed by atoms with Gasteiger partial charge in [0.1, 0.15) is 12.2 Å². The average Bonchev–Trinajstić information content (AvgIpc) is 3.18. The Morgan fingerprint density at radius 1 is 1.28 bits per heavy atom. The summed E-state index contributed by atoms with van der Waals surface area (Å²) in [6, 6.07) is 9.76. The van der Waals surface area contributed by atoms with Gasteiger partial charge >= 0.3 is 0 Å². The van der Waals surface area contributed by atoms with Crippen LogP contribution in [0.15, 0.2) is 41.6 Å². The lowest BCUT2D eigenvalue weighted by Gasteiger charge is -2.23. The van der Waals surface area contributed by atoms with Crippen molar-refractivity contribution in [1.82, 2.24) is 14.6 Å². The maximum absolute atomic E-state index is 13.3. The van der Waals surface area contributed by atoms with Gasteiger partial charge in [-0.1, -0.05) is 39.0 Å². The summed E-state index contributed by atoms with van der Waals surface area (Å²) in [4.78, 5) is 31.0. The van der Waals surface area contributed by atoms with E-state index in [-0.39, 0.29) is 23.8 Å². The first-order valence-electron chi connectivity index (χ1n) is 9.43. The molecule has 3 heterocycles. The summed E-state index contributed by atoms with van der Waals surface area (Å²) in [7, 11) is 0. The predicted octanol–water partition coefficient (Wildman–Crippen LogP) is 3.90. The molecule has 0 unspecified atom stereocenters. The van der Waals surface area contributed by atoms with E-state index in [1.54, 1.807) is 6.20 Å². The highest BCUT2D eigenvalue weighted by atomic mass is 32.1. The summed E-state index contributed by atoms with van der Waals surface area (Å²) >= 11 is 1.39. The third kappa shape index (κ3) is 3.80. The second-order valence-electron chi connectivity index (χ2n) is 8.16. The number of para-hydroxylation sites is 1. The first-order chi connectivity index (χ1) is 13.7. The molecule has 2 aromatic heterocycles. The van der Waals surface area contributed by atoms with Crippen LogP contribution in [0, 0.1) is 12.3 Å². The van der Waals surface area contributed by atoms with Crippen molar-refractivity contribution in [3.8, 4) is 0 Å². The third-order valence-corrected chi connectivity index (χ3v) is 5.67. The molecule has 2 amide bonds. The van der Waals surface area contributed by atoms with E-state index in [9.17, 15) is 9.59 Å². The molecule has 0 spiro atoms. The summed E-state index contributed by atoms with van der Waals surface area (Å²) in [5.74, 6) is -0.611. The number of hydrogen-bond donors (Lipinski definition) is 1. The largest absolute Gasteiger partial charge is 0.331 e. The molecule has 8 heteroatoms. The van der Waals surface area contributed by atoms with E-state index >= 15 is 0 Å². The van der Waals surface area contributed by atoms with Gasteiger partial charge in [0.2, 0.25) is 5.91 Å². The number of aryl methyl sites for hydroxylation is 1. The molecule has 1 aromatic carbocycles. The van der Waals surface area contributed by atoms with Crippen LogP contribution >= 0.6 is 11.3 Å². The molecule has 4 rings (SSSR count). The fourth-order valence-electron chi connectivity index (χ4n) is 3.26. The Labute approximate surface area is 173 Å². The lowest BCUT2D eigenvalue weighted by Crippen LogP contribution is -2.35. The van der Waals surface area contributed by atoms with Gasteiger partial charge in [0.15, 0.2) is 5.13 Å². The Bertz CT molecular complexity index is 1140. The van der Waals surface area contributed by atoms with E-state index in [0.717, 1.165) is 21.5 Å². The number of nitrogens with one attached hydrogen (secondary N) is 1. The number of rotatable bonds is 3. The van der Waals surface area contributed by atoms with Gasteiger partial charge in [0.25, 0.3) is 5.91 Å². The molecular weight excluding hydrogens is 386 g/mol. The van der Waals surface area contributed by atoms with E-state index in [1.165, 1.54) is 16.3 Å². The van der Waals surface area contributed by atoms with Crippen LogP contribution in [-0.4, -0.2) is 38.6 Å². The van der Waals surface area contributed by atoms with Crippen molar-refractivity contribution in [3.05, 3.63) is 47.1 Å². The van der Waals surface area contributed by atoms with E-state index < -0.39 is 0 Å². The molecule has 29 heavy (non-hydrogen) atoms. The first kappa shape index (κ1) is 19.3. The number of hydrazone groups is 1. The lowest BCUT2D eigenvalue weighted by molar-refractivity contribution is -0.116. The minimum absolute atomic E-state index is 0.168. The number of thiazole rings is 1. The van der Waals surface area contributed by atoms with E-state index in [0.29, 0.717) is 17.4 Å². The molecular formula is C21H23N5O2S. The number of aromatic nitrogens is 2. The fourth-order valence-corrected chi connectivity index (χ4v) is 3.94. The van der Waals surface area contributed by atoms with Gasteiger partial charge in [-0.15, -0.1) is 11.3 Å². The topological polar surface area (TPSA) is 79.6 Å². The Hall–Kier alpha value is -3.00. The molecule has 1 N–H and O–H groups in total. The molecule has 0 radical (unpaired) electrons. The Kier molecular flexibility index (Phi) is 4.74. The van der Waals surface area contributed by atoms with Crippen LogP contribution in [-0.2, 0) is 11.3 Å². The average molecular weight is 410 g/mol. The zero-order valence-corrected chi connectivity index (χ0v) is 17.7. The molecule has 0 aliphatic carbocycles. The number of anilines is 1. The molecule has 0 atom stereocenters. The summed E-state index contributed by atoms with van der Waals surface area (Å²) in [5, 5.41) is 10.1. The zero-order valence-electron chi connectivity index (χ0n) is 16.9. The zero-order chi connectivity index (χ0) is 20.8. The lowest BCUT2D eigenvalue weighted by atomic mass is 9.90. The van der Waals surface area contributed by atoms with Gasteiger partial charge in [0, 0.05) is 27.4 Å². The highest BCUT2D eigenvalue weighted by molar-refractivity contribution is 7.15. The van der Waals surface area contributed by atoms with Gasteiger partial charge in [-0.3, -0.25) is 9.59 Å². The minimum atomic E-state index is -0.325. The predicted molar refractivity (Wildman–Crippen MR) is 115 cm³/mol. The second-order valence-corrected chi connectivity index (χ2v) is 9.39. The number of hydrogen-bond acceptors (Lipinski definition) is 5. The van der Waals surface area contributed by atoms with Crippen molar-refractivity contribution in [2.45, 2.75) is 34.2 Å². The maximum atomic E-state index is 13.3. The molecule has 0 saturated carbocycles. The number of amides is 2. The quantitative estimate of drug-likeness (QED) is 0.712. The molecule has 1 aliphatic rings. The van der Waals surface area contributed by atoms with Crippen molar-refractivity contribution in [1.29, 1.82) is 0 Å². The van der Waals surface area contributed by atoms with Crippen LogP contribution in [0.2, 0.25) is 0 Å². The maximum Gasteiger partial charge on any atom is 0.291 e. The van der Waals surface area contributed by atoms with Gasteiger partial charge in [0.05, 0.1) is 12.3 Å². The monoisotopic (exact) mass is 409 g/mol. The SMILES string of the molecule is Cc1cnc(NC(=O)CN2N=C(C(C)(C)C)Cn3c(cc4ccccc43)C2=O)s1. The second kappa shape index (κ2) is 7.11. The number of nitrogens with zero attached hydrogens (tertiary/aromatic N) is 4. The summed E-state index contributed by atoms with van der Waals surface area (Å²) in [6.45, 7) is 8.43. The van der Waals surface area contributed by atoms with Gasteiger partial charge in [-0.25, -0.2) is 9.99 Å². The normalized spacial score (nSPS) is 14.6. The van der Waals surface area contributed by atoms with E-state index in [2.05, 4.69) is 36.2 Å². The minimum Gasteiger partial charge on any atom is -0.331 e. The van der Waals surface area contributed by atoms with Crippen molar-refractivity contribution >= 4 is 44.9 Å². The van der Waals surface area contributed by atoms with Gasteiger partial charge in [-0.05, 0) is 19.1 Å². The first-order valence-corrected chi connectivity index (χ1v) is 10.2. The number of carbonyl (C=O) groups is 2. The standard InChI is InChI=1S/C21H23N5O2S/c1-13-10-22-20(29-13)23-18(27)12-26-19(28)16-9-14-7-5-6-8-15(14)25(16)11-17(24-26)21(2,3)4/h5-10H,11-12H2,1-4H3,(H,22,23,27). The van der Waals surface area contributed by atoms with Crippen LogP contribution < -0.4 is 5.32 Å². The molecule has 0 saturated heterocycles. The summed E-state index contributed by atoms with van der Waals surface area (Å²) in [5.41, 5.74) is 2.10. The molecule has 150 valence electrons. The van der Waals surface area contributed by atoms with Crippen molar-refractivity contribution in [2.75, 3.05) is 11.9 Å². The Morgan fingerprint density at radius 2 is 2.03 bits per heavy atom. The number of carbonyl (C=O) groups excluding carboxylic acids is 2. The summed E-state index contributed by atoms with van der Waals surface area (Å²) < 4.78 is 1.99. The fraction of sp³-hybridized carbons (Fsp3) is 0.333.